The molecule has 0 atom stereocenters. The van der Waals surface area contributed by atoms with Crippen LogP contribution < -0.4 is 0 Å². The van der Waals surface area contributed by atoms with E-state index in [1.807, 2.05) is 13.0 Å². The van der Waals surface area contributed by atoms with Crippen molar-refractivity contribution in [3.63, 3.8) is 0 Å². The zero-order valence-electron chi connectivity index (χ0n) is 11.1. The first kappa shape index (κ1) is 15.2. The number of allylic oxidation sites excluding steroid dienone is 1. The number of carbonyl (C=O) groups excluding carboxylic acids is 1. The van der Waals surface area contributed by atoms with Crippen LogP contribution >= 0.6 is 0 Å². The molecular weight excluding hydrogens is 200 g/mol. The average Bonchev–Trinajstić information content (AvgIpc) is 2.30. The molecule has 0 fully saturated rings. The van der Waals surface area contributed by atoms with E-state index in [9.17, 15) is 4.79 Å². The van der Waals surface area contributed by atoms with Gasteiger partial charge >= 0.3 is 5.97 Å². The second-order valence-corrected chi connectivity index (χ2v) is 4.11. The molecule has 0 N–H and O–H groups in total. The Labute approximate surface area is 100 Å². The number of rotatable bonds is 9. The highest BCUT2D eigenvalue weighted by molar-refractivity contribution is 5.88. The summed E-state index contributed by atoms with van der Waals surface area (Å²) in [6.07, 6.45) is 9.62. The van der Waals surface area contributed by atoms with Crippen LogP contribution in [0.2, 0.25) is 0 Å². The topological polar surface area (TPSA) is 26.3 Å². The second kappa shape index (κ2) is 10.7. The first-order valence-electron chi connectivity index (χ1n) is 6.58. The minimum atomic E-state index is -0.125. The summed E-state index contributed by atoms with van der Waals surface area (Å²) in [5.74, 6) is -0.125. The van der Waals surface area contributed by atoms with Gasteiger partial charge in [0.2, 0.25) is 0 Å². The van der Waals surface area contributed by atoms with Crippen LogP contribution in [0.25, 0.3) is 0 Å². The van der Waals surface area contributed by atoms with Crippen LogP contribution in [0.1, 0.15) is 65.7 Å². The lowest BCUT2D eigenvalue weighted by Crippen LogP contribution is -2.09. The van der Waals surface area contributed by atoms with Crippen LogP contribution in [0.5, 0.6) is 0 Å². The Bertz CT molecular complexity index is 207. The van der Waals surface area contributed by atoms with Crippen LogP contribution in [0.15, 0.2) is 11.6 Å². The first-order valence-corrected chi connectivity index (χ1v) is 6.58. The molecule has 94 valence electrons. The van der Waals surface area contributed by atoms with Gasteiger partial charge in [-0.2, -0.15) is 0 Å². The molecule has 0 rings (SSSR count). The maximum absolute atomic E-state index is 11.6. The number of hydrogen-bond acceptors (Lipinski definition) is 2. The van der Waals surface area contributed by atoms with Gasteiger partial charge in [-0.15, -0.1) is 0 Å². The summed E-state index contributed by atoms with van der Waals surface area (Å²) >= 11 is 0. The van der Waals surface area contributed by atoms with Gasteiger partial charge < -0.3 is 4.74 Å². The van der Waals surface area contributed by atoms with E-state index >= 15 is 0 Å². The molecular formula is C14H26O2. The number of ether oxygens (including phenoxy) is 1. The molecule has 0 unspecified atom stereocenters. The van der Waals surface area contributed by atoms with Crippen molar-refractivity contribution >= 4 is 5.97 Å². The third kappa shape index (κ3) is 7.49. The smallest absolute Gasteiger partial charge is 0.333 e. The number of carbonyl (C=O) groups is 1. The van der Waals surface area contributed by atoms with E-state index in [0.29, 0.717) is 6.61 Å². The molecule has 0 heterocycles. The molecule has 0 radical (unpaired) electrons. The Hall–Kier alpha value is -0.790. The minimum Gasteiger partial charge on any atom is -0.462 e. The second-order valence-electron chi connectivity index (χ2n) is 4.11. The molecule has 0 aromatic rings. The fraction of sp³-hybridized carbons (Fsp3) is 0.786. The molecule has 2 nitrogen and oxygen atoms in total. The van der Waals surface area contributed by atoms with Crippen LogP contribution in [-0.4, -0.2) is 12.6 Å². The van der Waals surface area contributed by atoms with Crippen LogP contribution in [0.4, 0.5) is 0 Å². The molecule has 0 aromatic carbocycles. The molecule has 0 aliphatic carbocycles. The lowest BCUT2D eigenvalue weighted by Gasteiger charge is -2.06. The molecule has 0 aliphatic rings. The van der Waals surface area contributed by atoms with E-state index in [4.69, 9.17) is 4.74 Å². The maximum atomic E-state index is 11.6. The third-order valence-corrected chi connectivity index (χ3v) is 2.61. The number of unbranched alkanes of at least 4 members (excludes halogenated alkanes) is 4. The van der Waals surface area contributed by atoms with Crippen molar-refractivity contribution in [2.75, 3.05) is 6.61 Å². The van der Waals surface area contributed by atoms with Gasteiger partial charge in [0.05, 0.1) is 6.61 Å². The van der Waals surface area contributed by atoms with Crippen molar-refractivity contribution in [3.8, 4) is 0 Å². The van der Waals surface area contributed by atoms with Gasteiger partial charge in [-0.05, 0) is 19.8 Å². The standard InChI is InChI=1S/C14H26O2/c1-4-7-8-9-10-12-16-14(15)13(6-3)11-5-2/h6H,4-5,7-12H2,1-3H3. The van der Waals surface area contributed by atoms with Gasteiger partial charge in [0.25, 0.3) is 0 Å². The molecule has 0 aromatic heterocycles. The summed E-state index contributed by atoms with van der Waals surface area (Å²) in [5.41, 5.74) is 0.816. The number of esters is 1. The van der Waals surface area contributed by atoms with Crippen molar-refractivity contribution < 1.29 is 9.53 Å². The van der Waals surface area contributed by atoms with Gasteiger partial charge in [0, 0.05) is 5.57 Å². The Morgan fingerprint density at radius 2 is 1.75 bits per heavy atom. The first-order chi connectivity index (χ1) is 7.76. The molecule has 0 bridgehead atoms. The summed E-state index contributed by atoms with van der Waals surface area (Å²) in [4.78, 5) is 11.6. The zero-order valence-corrected chi connectivity index (χ0v) is 11.1. The maximum Gasteiger partial charge on any atom is 0.333 e. The van der Waals surface area contributed by atoms with E-state index in [1.54, 1.807) is 0 Å². The lowest BCUT2D eigenvalue weighted by atomic mass is 10.1. The minimum absolute atomic E-state index is 0.125. The van der Waals surface area contributed by atoms with Crippen LogP contribution in [0.3, 0.4) is 0 Å². The normalized spacial score (nSPS) is 11.6. The van der Waals surface area contributed by atoms with E-state index in [-0.39, 0.29) is 5.97 Å². The van der Waals surface area contributed by atoms with Crippen molar-refractivity contribution in [1.29, 1.82) is 0 Å². The highest BCUT2D eigenvalue weighted by Crippen LogP contribution is 2.08. The van der Waals surface area contributed by atoms with Crippen molar-refractivity contribution in [2.24, 2.45) is 0 Å². The lowest BCUT2D eigenvalue weighted by molar-refractivity contribution is -0.139. The summed E-state index contributed by atoms with van der Waals surface area (Å²) < 4.78 is 5.22. The monoisotopic (exact) mass is 226 g/mol. The molecule has 0 saturated carbocycles. The quantitative estimate of drug-likeness (QED) is 0.334. The van der Waals surface area contributed by atoms with Crippen molar-refractivity contribution in [2.45, 2.75) is 65.7 Å². The fourth-order valence-corrected chi connectivity index (χ4v) is 1.60. The highest BCUT2D eigenvalue weighted by atomic mass is 16.5. The van der Waals surface area contributed by atoms with Gasteiger partial charge in [-0.25, -0.2) is 4.79 Å². The average molecular weight is 226 g/mol. The molecule has 16 heavy (non-hydrogen) atoms. The van der Waals surface area contributed by atoms with Crippen molar-refractivity contribution in [1.82, 2.24) is 0 Å². The summed E-state index contributed by atoms with van der Waals surface area (Å²) in [7, 11) is 0. The predicted molar refractivity (Wildman–Crippen MR) is 68.4 cm³/mol. The third-order valence-electron chi connectivity index (χ3n) is 2.61. The Morgan fingerprint density at radius 1 is 1.06 bits per heavy atom. The van der Waals surface area contributed by atoms with Crippen LogP contribution in [-0.2, 0) is 9.53 Å². The van der Waals surface area contributed by atoms with E-state index < -0.39 is 0 Å². The van der Waals surface area contributed by atoms with Crippen LogP contribution in [0, 0.1) is 0 Å². The predicted octanol–water partition coefficient (Wildman–Crippen LogP) is 4.25. The largest absolute Gasteiger partial charge is 0.462 e. The Morgan fingerprint density at radius 3 is 2.31 bits per heavy atom. The summed E-state index contributed by atoms with van der Waals surface area (Å²) in [5, 5.41) is 0. The van der Waals surface area contributed by atoms with E-state index in [1.165, 1.54) is 25.7 Å². The summed E-state index contributed by atoms with van der Waals surface area (Å²) in [6, 6.07) is 0. The molecule has 0 saturated heterocycles. The highest BCUT2D eigenvalue weighted by Gasteiger charge is 2.08. The van der Waals surface area contributed by atoms with Gasteiger partial charge in [-0.3, -0.25) is 0 Å². The molecule has 0 spiro atoms. The molecule has 0 amide bonds. The van der Waals surface area contributed by atoms with Gasteiger partial charge in [0.1, 0.15) is 0 Å². The van der Waals surface area contributed by atoms with Crippen molar-refractivity contribution in [3.05, 3.63) is 11.6 Å². The fourth-order valence-electron chi connectivity index (χ4n) is 1.60. The van der Waals surface area contributed by atoms with E-state index in [0.717, 1.165) is 24.8 Å². The SMILES string of the molecule is CC=C(CCC)C(=O)OCCCCCCC. The van der Waals surface area contributed by atoms with E-state index in [2.05, 4.69) is 13.8 Å². The van der Waals surface area contributed by atoms with Gasteiger partial charge in [0.15, 0.2) is 0 Å². The Balaban J connectivity index is 3.56. The summed E-state index contributed by atoms with van der Waals surface area (Å²) in [6.45, 7) is 6.74. The Kier molecular flexibility index (Phi) is 10.2. The number of hydrogen-bond donors (Lipinski definition) is 0. The van der Waals surface area contributed by atoms with Gasteiger partial charge in [-0.1, -0.05) is 52.0 Å². The molecule has 2 heteroatoms. The molecule has 0 aliphatic heterocycles. The zero-order chi connectivity index (χ0) is 12.2.